The molecule has 110 valence electrons. The third-order valence-corrected chi connectivity index (χ3v) is 2.84. The Hall–Kier alpha value is -1.91. The summed E-state index contributed by atoms with van der Waals surface area (Å²) in [5.41, 5.74) is 1.05. The molecule has 0 spiro atoms. The van der Waals surface area contributed by atoms with Gasteiger partial charge in [-0.05, 0) is 30.4 Å². The van der Waals surface area contributed by atoms with Gasteiger partial charge in [-0.3, -0.25) is 14.6 Å². The van der Waals surface area contributed by atoms with Gasteiger partial charge in [0.15, 0.2) is 0 Å². The van der Waals surface area contributed by atoms with Gasteiger partial charge in [0, 0.05) is 12.2 Å². The van der Waals surface area contributed by atoms with Crippen LogP contribution in [-0.2, 0) is 4.79 Å². The number of carbonyl (C=O) groups excluding carboxylic acids is 1. The monoisotopic (exact) mass is 278 g/mol. The van der Waals surface area contributed by atoms with E-state index in [0.717, 1.165) is 5.56 Å². The fraction of sp³-hybridized carbons (Fsp3) is 0.533. The number of carbonyl (C=O) groups is 2. The molecule has 0 saturated heterocycles. The number of aliphatic carboxylic acids is 1. The van der Waals surface area contributed by atoms with Crippen molar-refractivity contribution in [2.75, 3.05) is 0 Å². The van der Waals surface area contributed by atoms with Crippen molar-refractivity contribution < 1.29 is 14.7 Å². The van der Waals surface area contributed by atoms with E-state index in [1.807, 2.05) is 20.8 Å². The van der Waals surface area contributed by atoms with Crippen LogP contribution in [0.3, 0.4) is 0 Å². The van der Waals surface area contributed by atoms with Crippen LogP contribution < -0.4 is 5.32 Å². The predicted molar refractivity (Wildman–Crippen MR) is 76.6 cm³/mol. The molecule has 2 N–H and O–H groups in total. The maximum atomic E-state index is 12.2. The van der Waals surface area contributed by atoms with Crippen molar-refractivity contribution in [3.8, 4) is 0 Å². The summed E-state index contributed by atoms with van der Waals surface area (Å²) in [6, 6.07) is 3.16. The van der Waals surface area contributed by atoms with Crippen LogP contribution in [0.1, 0.15) is 49.7 Å². The number of pyridine rings is 1. The van der Waals surface area contributed by atoms with Crippen molar-refractivity contribution >= 4 is 11.9 Å². The second-order valence-electron chi connectivity index (χ2n) is 6.20. The smallest absolute Gasteiger partial charge is 0.305 e. The summed E-state index contributed by atoms with van der Waals surface area (Å²) in [5.74, 6) is -1.24. The lowest BCUT2D eigenvalue weighted by molar-refractivity contribution is -0.137. The number of hydrogen-bond donors (Lipinski definition) is 2. The molecule has 1 aromatic rings. The van der Waals surface area contributed by atoms with E-state index in [-0.39, 0.29) is 17.7 Å². The van der Waals surface area contributed by atoms with E-state index >= 15 is 0 Å². The Morgan fingerprint density at radius 2 is 2.05 bits per heavy atom. The highest BCUT2D eigenvalue weighted by Gasteiger charge is 2.24. The molecule has 0 bridgehead atoms. The van der Waals surface area contributed by atoms with Gasteiger partial charge >= 0.3 is 5.97 Å². The van der Waals surface area contributed by atoms with Crippen LogP contribution in [0.25, 0.3) is 0 Å². The van der Waals surface area contributed by atoms with Gasteiger partial charge in [-0.15, -0.1) is 0 Å². The minimum atomic E-state index is -0.919. The first-order chi connectivity index (χ1) is 9.19. The molecule has 0 aliphatic heterocycles. The van der Waals surface area contributed by atoms with E-state index in [1.165, 1.54) is 0 Å². The maximum absolute atomic E-state index is 12.2. The average Bonchev–Trinajstić information content (AvgIpc) is 2.25. The van der Waals surface area contributed by atoms with Crippen molar-refractivity contribution in [2.24, 2.45) is 5.41 Å². The SMILES string of the molecule is Cc1cccnc1C(=O)NC(CC(=O)O)CC(C)(C)C. The zero-order valence-electron chi connectivity index (χ0n) is 12.4. The number of carboxylic acid groups (broad SMARTS) is 1. The largest absolute Gasteiger partial charge is 0.481 e. The molecular formula is C15H22N2O3. The molecule has 0 aliphatic carbocycles. The highest BCUT2D eigenvalue weighted by atomic mass is 16.4. The van der Waals surface area contributed by atoms with E-state index in [2.05, 4.69) is 10.3 Å². The van der Waals surface area contributed by atoms with Gasteiger partial charge in [0.05, 0.1) is 6.42 Å². The van der Waals surface area contributed by atoms with Crippen molar-refractivity contribution in [3.63, 3.8) is 0 Å². The standard InChI is InChI=1S/C15H22N2O3/c1-10-6-5-7-16-13(10)14(20)17-11(8-12(18)19)9-15(2,3)4/h5-7,11H,8-9H2,1-4H3,(H,17,20)(H,18,19). The molecule has 0 fully saturated rings. The number of rotatable bonds is 5. The second kappa shape index (κ2) is 6.50. The number of nitrogens with one attached hydrogen (secondary N) is 1. The Bertz CT molecular complexity index is 492. The summed E-state index contributed by atoms with van der Waals surface area (Å²) in [4.78, 5) is 27.1. The molecule has 1 heterocycles. The molecule has 1 amide bonds. The van der Waals surface area contributed by atoms with Crippen LogP contribution in [0.2, 0.25) is 0 Å². The van der Waals surface area contributed by atoms with Crippen molar-refractivity contribution in [1.29, 1.82) is 0 Å². The number of hydrogen-bond acceptors (Lipinski definition) is 3. The predicted octanol–water partition coefficient (Wildman–Crippen LogP) is 2.40. The number of aryl methyl sites for hydroxylation is 1. The second-order valence-corrected chi connectivity index (χ2v) is 6.20. The summed E-state index contributed by atoms with van der Waals surface area (Å²) >= 11 is 0. The van der Waals surface area contributed by atoms with E-state index in [4.69, 9.17) is 5.11 Å². The Morgan fingerprint density at radius 1 is 1.40 bits per heavy atom. The van der Waals surface area contributed by atoms with E-state index in [9.17, 15) is 9.59 Å². The van der Waals surface area contributed by atoms with E-state index in [1.54, 1.807) is 25.3 Å². The lowest BCUT2D eigenvalue weighted by Crippen LogP contribution is -2.39. The van der Waals surface area contributed by atoms with Gasteiger partial charge < -0.3 is 10.4 Å². The molecule has 0 aliphatic rings. The van der Waals surface area contributed by atoms with Gasteiger partial charge in [-0.1, -0.05) is 26.8 Å². The zero-order chi connectivity index (χ0) is 15.3. The Morgan fingerprint density at radius 3 is 2.55 bits per heavy atom. The van der Waals surface area contributed by atoms with Crippen LogP contribution in [0, 0.1) is 12.3 Å². The third kappa shape index (κ3) is 5.38. The average molecular weight is 278 g/mol. The molecular weight excluding hydrogens is 256 g/mol. The lowest BCUT2D eigenvalue weighted by Gasteiger charge is -2.25. The fourth-order valence-corrected chi connectivity index (χ4v) is 2.10. The summed E-state index contributed by atoms with van der Waals surface area (Å²) in [6.45, 7) is 7.85. The number of aromatic nitrogens is 1. The molecule has 1 atom stereocenters. The van der Waals surface area contributed by atoms with Crippen molar-refractivity contribution in [3.05, 3.63) is 29.6 Å². The minimum Gasteiger partial charge on any atom is -0.481 e. The molecule has 0 radical (unpaired) electrons. The number of amides is 1. The highest BCUT2D eigenvalue weighted by Crippen LogP contribution is 2.22. The number of carboxylic acids is 1. The van der Waals surface area contributed by atoms with Crippen LogP contribution >= 0.6 is 0 Å². The lowest BCUT2D eigenvalue weighted by atomic mass is 9.87. The Labute approximate surface area is 119 Å². The molecule has 0 saturated carbocycles. The van der Waals surface area contributed by atoms with Gasteiger partial charge in [0.2, 0.25) is 0 Å². The minimum absolute atomic E-state index is 0.0629. The zero-order valence-corrected chi connectivity index (χ0v) is 12.4. The molecule has 5 nitrogen and oxygen atoms in total. The van der Waals surface area contributed by atoms with Gasteiger partial charge in [-0.2, -0.15) is 0 Å². The normalized spacial score (nSPS) is 12.8. The first-order valence-electron chi connectivity index (χ1n) is 6.63. The Kier molecular flexibility index (Phi) is 5.25. The van der Waals surface area contributed by atoms with Gasteiger partial charge in [0.1, 0.15) is 5.69 Å². The van der Waals surface area contributed by atoms with Crippen LogP contribution in [0.15, 0.2) is 18.3 Å². The van der Waals surface area contributed by atoms with E-state index in [0.29, 0.717) is 12.1 Å². The van der Waals surface area contributed by atoms with Crippen molar-refractivity contribution in [2.45, 2.75) is 46.6 Å². The van der Waals surface area contributed by atoms with Gasteiger partial charge in [0.25, 0.3) is 5.91 Å². The van der Waals surface area contributed by atoms with Crippen LogP contribution in [0.4, 0.5) is 0 Å². The Balaban J connectivity index is 2.81. The molecule has 1 aromatic heterocycles. The molecule has 5 heteroatoms. The maximum Gasteiger partial charge on any atom is 0.305 e. The van der Waals surface area contributed by atoms with Crippen molar-refractivity contribution in [1.82, 2.24) is 10.3 Å². The van der Waals surface area contributed by atoms with E-state index < -0.39 is 12.0 Å². The molecule has 0 aromatic carbocycles. The molecule has 1 unspecified atom stereocenters. The molecule has 1 rings (SSSR count). The topological polar surface area (TPSA) is 79.3 Å². The molecule has 20 heavy (non-hydrogen) atoms. The number of nitrogens with zero attached hydrogens (tertiary/aromatic N) is 1. The quantitative estimate of drug-likeness (QED) is 0.866. The third-order valence-electron chi connectivity index (χ3n) is 2.84. The first kappa shape index (κ1) is 16.1. The summed E-state index contributed by atoms with van der Waals surface area (Å²) in [6.07, 6.45) is 2.06. The summed E-state index contributed by atoms with van der Waals surface area (Å²) in [5, 5.41) is 11.7. The highest BCUT2D eigenvalue weighted by molar-refractivity contribution is 5.94. The fourth-order valence-electron chi connectivity index (χ4n) is 2.10. The van der Waals surface area contributed by atoms with Crippen LogP contribution in [-0.4, -0.2) is 28.0 Å². The first-order valence-corrected chi connectivity index (χ1v) is 6.63. The van der Waals surface area contributed by atoms with Crippen LogP contribution in [0.5, 0.6) is 0 Å². The summed E-state index contributed by atoms with van der Waals surface area (Å²) < 4.78 is 0. The summed E-state index contributed by atoms with van der Waals surface area (Å²) in [7, 11) is 0. The van der Waals surface area contributed by atoms with Gasteiger partial charge in [-0.25, -0.2) is 0 Å².